The average Bonchev–Trinajstić information content (AvgIpc) is 1.60. The molecule has 0 rings (SSSR count). The second-order valence-corrected chi connectivity index (χ2v) is 1.73. The fourth-order valence-electron chi connectivity index (χ4n) is 0.235. The molecule has 0 aromatic heterocycles. The Labute approximate surface area is 55.7 Å². The maximum atomic E-state index is 11.3. The van der Waals surface area contributed by atoms with Crippen LogP contribution >= 0.6 is 0 Å². The van der Waals surface area contributed by atoms with Crippen LogP contribution < -0.4 is 5.32 Å². The van der Waals surface area contributed by atoms with Gasteiger partial charge in [-0.3, -0.25) is 10.1 Å². The molecule has 2 nitrogen and oxygen atoms in total. The Bertz CT molecular complexity index is 161. The van der Waals surface area contributed by atoms with Crippen LogP contribution in [0.4, 0.5) is 13.2 Å². The van der Waals surface area contributed by atoms with Crippen LogP contribution in [-0.4, -0.2) is 12.2 Å². The van der Waals surface area contributed by atoms with Crippen molar-refractivity contribution in [1.29, 1.82) is 0 Å². The summed E-state index contributed by atoms with van der Waals surface area (Å²) in [6, 6.07) is 0. The van der Waals surface area contributed by atoms with Gasteiger partial charge in [-0.15, -0.1) is 0 Å². The molecule has 5 heteroatoms. The Morgan fingerprint density at radius 3 is 2.00 bits per heavy atom. The minimum atomic E-state index is -4.66. The van der Waals surface area contributed by atoms with E-state index in [9.17, 15) is 18.0 Å². The van der Waals surface area contributed by atoms with Gasteiger partial charge in [-0.2, -0.15) is 13.2 Å². The zero-order chi connectivity index (χ0) is 8.36. The number of carbonyl (C=O) groups excluding carboxylic acids is 1. The number of rotatable bonds is 1. The maximum Gasteiger partial charge on any atom is 0.484 e. The number of carbonyl (C=O) groups is 1. The van der Waals surface area contributed by atoms with E-state index in [2.05, 4.69) is 6.58 Å². The van der Waals surface area contributed by atoms with Crippen LogP contribution in [0, 0.1) is 0 Å². The molecule has 1 amide bonds. The van der Waals surface area contributed by atoms with E-state index in [4.69, 9.17) is 0 Å². The molecule has 0 unspecified atom stereocenters. The van der Waals surface area contributed by atoms with Crippen molar-refractivity contribution in [2.24, 2.45) is 0 Å². The smallest absolute Gasteiger partial charge is 0.269 e. The lowest BCUT2D eigenvalue weighted by molar-refractivity contribution is -0.167. The van der Waals surface area contributed by atoms with Gasteiger partial charge in [-0.25, -0.2) is 0 Å². The van der Waals surface area contributed by atoms with Crippen LogP contribution in [0.1, 0.15) is 6.92 Å². The van der Waals surface area contributed by atoms with Crippen LogP contribution in [-0.2, 0) is 4.79 Å². The number of amides is 1. The molecule has 0 aliphatic rings. The molecule has 0 aliphatic carbocycles. The number of hydrogen-bond donors (Lipinski definition) is 1. The normalized spacial score (nSPS) is 10.8. The first-order valence-corrected chi connectivity index (χ1v) is 2.37. The standard InChI is InChI=1S/C5H6F3NO/c1-3(2)4(10)9-5(6,7)8/h1H2,2H3,(H,9,10). The first kappa shape index (κ1) is 9.00. The molecule has 0 saturated heterocycles. The van der Waals surface area contributed by atoms with Gasteiger partial charge in [0.15, 0.2) is 0 Å². The van der Waals surface area contributed by atoms with Gasteiger partial charge < -0.3 is 0 Å². The van der Waals surface area contributed by atoms with E-state index in [-0.39, 0.29) is 5.57 Å². The summed E-state index contributed by atoms with van der Waals surface area (Å²) in [6.45, 7) is 4.22. The molecular weight excluding hydrogens is 147 g/mol. The van der Waals surface area contributed by atoms with E-state index in [1.807, 2.05) is 0 Å². The monoisotopic (exact) mass is 153 g/mol. The molecule has 0 aromatic rings. The maximum absolute atomic E-state index is 11.3. The van der Waals surface area contributed by atoms with E-state index >= 15 is 0 Å². The van der Waals surface area contributed by atoms with E-state index in [1.54, 1.807) is 0 Å². The zero-order valence-corrected chi connectivity index (χ0v) is 5.25. The van der Waals surface area contributed by atoms with Gasteiger partial charge in [-0.05, 0) is 6.92 Å². The Kier molecular flexibility index (Phi) is 2.45. The van der Waals surface area contributed by atoms with Crippen molar-refractivity contribution in [2.45, 2.75) is 13.2 Å². The number of nitrogens with one attached hydrogen (secondary N) is 1. The van der Waals surface area contributed by atoms with E-state index in [0.29, 0.717) is 0 Å². The van der Waals surface area contributed by atoms with Crippen LogP contribution in [0.2, 0.25) is 0 Å². The third-order valence-corrected chi connectivity index (χ3v) is 0.643. The highest BCUT2D eigenvalue weighted by Crippen LogP contribution is 2.09. The fourth-order valence-corrected chi connectivity index (χ4v) is 0.235. The molecule has 0 saturated carbocycles. The van der Waals surface area contributed by atoms with E-state index < -0.39 is 12.2 Å². The first-order valence-electron chi connectivity index (χ1n) is 2.37. The summed E-state index contributed by atoms with van der Waals surface area (Å²) < 4.78 is 33.9. The van der Waals surface area contributed by atoms with Crippen LogP contribution in [0.3, 0.4) is 0 Å². The van der Waals surface area contributed by atoms with Gasteiger partial charge in [0.1, 0.15) is 0 Å². The van der Waals surface area contributed by atoms with Gasteiger partial charge in [0.2, 0.25) is 0 Å². The minimum absolute atomic E-state index is 0.169. The highest BCUT2D eigenvalue weighted by molar-refractivity contribution is 5.92. The van der Waals surface area contributed by atoms with Gasteiger partial charge in [0, 0.05) is 5.57 Å². The average molecular weight is 153 g/mol. The molecule has 0 bridgehead atoms. The van der Waals surface area contributed by atoms with Gasteiger partial charge >= 0.3 is 6.30 Å². The molecular formula is C5H6F3NO. The lowest BCUT2D eigenvalue weighted by atomic mass is 10.3. The molecule has 10 heavy (non-hydrogen) atoms. The van der Waals surface area contributed by atoms with Crippen LogP contribution in [0.25, 0.3) is 0 Å². The fraction of sp³-hybridized carbons (Fsp3) is 0.400. The van der Waals surface area contributed by atoms with Gasteiger partial charge in [0.05, 0.1) is 0 Å². The topological polar surface area (TPSA) is 29.1 Å². The third-order valence-electron chi connectivity index (χ3n) is 0.643. The Hall–Kier alpha value is -1.00. The molecule has 0 aromatic carbocycles. The molecule has 58 valence electrons. The van der Waals surface area contributed by atoms with Gasteiger partial charge in [0.25, 0.3) is 5.91 Å². The van der Waals surface area contributed by atoms with Crippen molar-refractivity contribution in [3.63, 3.8) is 0 Å². The molecule has 0 spiro atoms. The third kappa shape index (κ3) is 3.94. The lowest BCUT2D eigenvalue weighted by Crippen LogP contribution is -2.37. The molecule has 0 fully saturated rings. The van der Waals surface area contributed by atoms with Gasteiger partial charge in [-0.1, -0.05) is 6.58 Å². The molecule has 0 atom stereocenters. The molecule has 0 radical (unpaired) electrons. The minimum Gasteiger partial charge on any atom is -0.269 e. The summed E-state index contributed by atoms with van der Waals surface area (Å²) in [5.74, 6) is -1.20. The SMILES string of the molecule is C=C(C)C(=O)NC(F)(F)F. The van der Waals surface area contributed by atoms with Crippen LogP contribution in [0.5, 0.6) is 0 Å². The molecule has 0 aliphatic heterocycles. The van der Waals surface area contributed by atoms with Crippen molar-refractivity contribution in [1.82, 2.24) is 5.32 Å². The summed E-state index contributed by atoms with van der Waals surface area (Å²) in [4.78, 5) is 10.2. The largest absolute Gasteiger partial charge is 0.484 e. The highest BCUT2D eigenvalue weighted by atomic mass is 19.4. The van der Waals surface area contributed by atoms with Crippen LogP contribution in [0.15, 0.2) is 12.2 Å². The summed E-state index contributed by atoms with van der Waals surface area (Å²) in [6.07, 6.45) is -4.66. The Balaban J connectivity index is 3.93. The quantitative estimate of drug-likeness (QED) is 0.445. The predicted octanol–water partition coefficient (Wildman–Crippen LogP) is 1.20. The predicted molar refractivity (Wildman–Crippen MR) is 29.0 cm³/mol. The summed E-state index contributed by atoms with van der Waals surface area (Å²) in [7, 11) is 0. The van der Waals surface area contributed by atoms with Crippen molar-refractivity contribution in [2.75, 3.05) is 0 Å². The van der Waals surface area contributed by atoms with Crippen molar-refractivity contribution < 1.29 is 18.0 Å². The number of alkyl halides is 3. The number of hydrogen-bond acceptors (Lipinski definition) is 1. The Morgan fingerprint density at radius 1 is 1.50 bits per heavy atom. The summed E-state index contributed by atoms with van der Waals surface area (Å²) >= 11 is 0. The molecule has 1 N–H and O–H groups in total. The highest BCUT2D eigenvalue weighted by Gasteiger charge is 2.29. The molecule has 0 heterocycles. The van der Waals surface area contributed by atoms with Crippen molar-refractivity contribution in [3.8, 4) is 0 Å². The van der Waals surface area contributed by atoms with E-state index in [0.717, 1.165) is 5.32 Å². The Morgan fingerprint density at radius 2 is 1.90 bits per heavy atom. The summed E-state index contributed by atoms with van der Waals surface area (Å²) in [5.41, 5.74) is -0.169. The van der Waals surface area contributed by atoms with E-state index in [1.165, 1.54) is 6.92 Å². The number of halogens is 3. The second-order valence-electron chi connectivity index (χ2n) is 1.73. The van der Waals surface area contributed by atoms with Crippen molar-refractivity contribution >= 4 is 5.91 Å². The zero-order valence-electron chi connectivity index (χ0n) is 5.25. The first-order chi connectivity index (χ1) is 4.33. The second kappa shape index (κ2) is 2.72. The summed E-state index contributed by atoms with van der Waals surface area (Å²) in [5, 5.41) is 0.780. The van der Waals surface area contributed by atoms with Crippen molar-refractivity contribution in [3.05, 3.63) is 12.2 Å². The lowest BCUT2D eigenvalue weighted by Gasteiger charge is -2.06.